The first kappa shape index (κ1) is 12.6. The van der Waals surface area contributed by atoms with Gasteiger partial charge in [0.15, 0.2) is 5.17 Å². The normalized spacial score (nSPS) is 28.2. The smallest absolute Gasteiger partial charge is 0.157 e. The van der Waals surface area contributed by atoms with E-state index in [0.717, 1.165) is 43.5 Å². The second-order valence-corrected chi connectivity index (χ2v) is 6.74. The van der Waals surface area contributed by atoms with Gasteiger partial charge in [-0.25, -0.2) is 0 Å². The van der Waals surface area contributed by atoms with Gasteiger partial charge in [0.25, 0.3) is 0 Å². The topological polar surface area (TPSA) is 33.6 Å². The second kappa shape index (κ2) is 5.65. The Balaban J connectivity index is 1.86. The number of thioether (sulfide) groups is 2. The van der Waals surface area contributed by atoms with E-state index in [1.54, 1.807) is 0 Å². The van der Waals surface area contributed by atoms with E-state index >= 15 is 0 Å². The molecule has 0 bridgehead atoms. The van der Waals surface area contributed by atoms with Gasteiger partial charge in [0.2, 0.25) is 0 Å². The molecule has 2 rings (SSSR count). The van der Waals surface area contributed by atoms with Crippen molar-refractivity contribution in [2.75, 3.05) is 31.8 Å². The Labute approximate surface area is 106 Å². The summed E-state index contributed by atoms with van der Waals surface area (Å²) in [5.41, 5.74) is 0.282. The van der Waals surface area contributed by atoms with Crippen LogP contribution in [0, 0.1) is 0 Å². The molecule has 1 spiro atoms. The van der Waals surface area contributed by atoms with Gasteiger partial charge < -0.3 is 10.1 Å². The molecule has 2 aliphatic heterocycles. The molecule has 2 saturated heterocycles. The van der Waals surface area contributed by atoms with Crippen molar-refractivity contribution < 1.29 is 4.74 Å². The van der Waals surface area contributed by atoms with Crippen molar-refractivity contribution in [2.24, 2.45) is 4.99 Å². The van der Waals surface area contributed by atoms with Crippen LogP contribution in [0.5, 0.6) is 0 Å². The third-order valence-corrected chi connectivity index (χ3v) is 5.36. The predicted molar refractivity (Wildman–Crippen MR) is 73.7 cm³/mol. The van der Waals surface area contributed by atoms with Crippen LogP contribution in [-0.2, 0) is 4.74 Å². The highest BCUT2D eigenvalue weighted by atomic mass is 32.2. The fourth-order valence-electron chi connectivity index (χ4n) is 1.91. The molecule has 0 aromatic carbocycles. The van der Waals surface area contributed by atoms with Gasteiger partial charge in [-0.2, -0.15) is 11.8 Å². The third-order valence-electron chi connectivity index (χ3n) is 3.20. The van der Waals surface area contributed by atoms with Crippen molar-refractivity contribution in [1.82, 2.24) is 5.32 Å². The van der Waals surface area contributed by atoms with Gasteiger partial charge in [-0.3, -0.25) is 4.99 Å². The first-order valence-electron chi connectivity index (χ1n) is 5.80. The molecule has 1 N–H and O–H groups in total. The van der Waals surface area contributed by atoms with Crippen LogP contribution in [0.1, 0.15) is 19.8 Å². The molecular formula is C11H20N2OS2. The molecule has 0 saturated carbocycles. The summed E-state index contributed by atoms with van der Waals surface area (Å²) in [6.07, 6.45) is 4.38. The van der Waals surface area contributed by atoms with E-state index in [1.807, 2.05) is 23.5 Å². The zero-order valence-corrected chi connectivity index (χ0v) is 11.6. The van der Waals surface area contributed by atoms with E-state index in [2.05, 4.69) is 23.5 Å². The van der Waals surface area contributed by atoms with Crippen LogP contribution < -0.4 is 5.32 Å². The molecular weight excluding hydrogens is 240 g/mol. The lowest BCUT2D eigenvalue weighted by molar-refractivity contribution is 0.0555. The van der Waals surface area contributed by atoms with Crippen molar-refractivity contribution in [2.45, 2.75) is 30.6 Å². The third kappa shape index (κ3) is 3.08. The van der Waals surface area contributed by atoms with E-state index in [1.165, 1.54) is 0 Å². The van der Waals surface area contributed by atoms with Crippen LogP contribution in [0.25, 0.3) is 0 Å². The Morgan fingerprint density at radius 3 is 3.00 bits per heavy atom. The molecule has 0 radical (unpaired) electrons. The molecule has 16 heavy (non-hydrogen) atoms. The number of nitrogens with zero attached hydrogens (tertiary/aromatic N) is 1. The van der Waals surface area contributed by atoms with E-state index in [9.17, 15) is 0 Å². The zero-order chi connectivity index (χ0) is 11.4. The first-order chi connectivity index (χ1) is 7.74. The summed E-state index contributed by atoms with van der Waals surface area (Å²) in [5, 5.41) is 5.36. The van der Waals surface area contributed by atoms with Crippen LogP contribution in [0.3, 0.4) is 0 Å². The lowest BCUT2D eigenvalue weighted by Crippen LogP contribution is -2.48. The van der Waals surface area contributed by atoms with E-state index in [0.29, 0.717) is 5.25 Å². The minimum Gasteiger partial charge on any atom is -0.381 e. The lowest BCUT2D eigenvalue weighted by atomic mass is 9.93. The van der Waals surface area contributed by atoms with Crippen LogP contribution >= 0.6 is 23.5 Å². The van der Waals surface area contributed by atoms with Gasteiger partial charge >= 0.3 is 0 Å². The number of amidine groups is 1. The van der Waals surface area contributed by atoms with Crippen molar-refractivity contribution in [3.05, 3.63) is 0 Å². The summed E-state index contributed by atoms with van der Waals surface area (Å²) in [4.78, 5) is 4.65. The maximum atomic E-state index is 5.41. The fraction of sp³-hybridized carbons (Fsp3) is 0.909. The Bertz CT molecular complexity index is 265. The zero-order valence-electron chi connectivity index (χ0n) is 9.99. The number of rotatable bonds is 3. The van der Waals surface area contributed by atoms with Crippen LogP contribution in [0.2, 0.25) is 0 Å². The lowest BCUT2D eigenvalue weighted by Gasteiger charge is -2.32. The van der Waals surface area contributed by atoms with Gasteiger partial charge in [-0.15, -0.1) is 0 Å². The molecule has 2 aliphatic rings. The summed E-state index contributed by atoms with van der Waals surface area (Å²) >= 11 is 3.75. The quantitative estimate of drug-likeness (QED) is 0.841. The molecule has 2 fully saturated rings. The SMILES string of the molecule is CSC(C)CN=C1NC2(CCOCC2)CS1. The summed E-state index contributed by atoms with van der Waals surface area (Å²) < 4.78 is 5.41. The highest BCUT2D eigenvalue weighted by Crippen LogP contribution is 2.31. The standard InChI is InChI=1S/C11H20N2OS2/c1-9(15-2)7-12-10-13-11(8-16-10)3-5-14-6-4-11/h9H,3-8H2,1-2H3,(H,12,13). The predicted octanol–water partition coefficient (Wildman–Crippen LogP) is 1.98. The number of hydrogen-bond donors (Lipinski definition) is 1. The summed E-state index contributed by atoms with van der Waals surface area (Å²) in [6, 6.07) is 0. The molecule has 92 valence electrons. The number of nitrogens with one attached hydrogen (secondary N) is 1. The monoisotopic (exact) mass is 260 g/mol. The molecule has 1 atom stereocenters. The minimum atomic E-state index is 0.282. The Hall–Kier alpha value is 0.130. The van der Waals surface area contributed by atoms with Crippen LogP contribution in [-0.4, -0.2) is 47.7 Å². The number of hydrogen-bond acceptors (Lipinski definition) is 4. The maximum Gasteiger partial charge on any atom is 0.157 e. The summed E-state index contributed by atoms with van der Waals surface area (Å²) in [6.45, 7) is 4.92. The molecule has 0 aromatic rings. The van der Waals surface area contributed by atoms with Gasteiger partial charge in [0, 0.05) is 24.2 Å². The average Bonchev–Trinajstić information content (AvgIpc) is 2.70. The van der Waals surface area contributed by atoms with Gasteiger partial charge in [-0.1, -0.05) is 18.7 Å². The van der Waals surface area contributed by atoms with E-state index < -0.39 is 0 Å². The molecule has 5 heteroatoms. The molecule has 2 heterocycles. The van der Waals surface area contributed by atoms with Crippen LogP contribution in [0.15, 0.2) is 4.99 Å². The molecule has 0 amide bonds. The molecule has 0 aliphatic carbocycles. The average molecular weight is 260 g/mol. The Morgan fingerprint density at radius 1 is 1.56 bits per heavy atom. The van der Waals surface area contributed by atoms with Crippen molar-refractivity contribution in [3.63, 3.8) is 0 Å². The largest absolute Gasteiger partial charge is 0.381 e. The number of ether oxygens (including phenoxy) is 1. The van der Waals surface area contributed by atoms with Crippen molar-refractivity contribution in [1.29, 1.82) is 0 Å². The summed E-state index contributed by atoms with van der Waals surface area (Å²) in [5.74, 6) is 1.16. The van der Waals surface area contributed by atoms with Gasteiger partial charge in [-0.05, 0) is 19.1 Å². The maximum absolute atomic E-state index is 5.41. The van der Waals surface area contributed by atoms with Gasteiger partial charge in [0.05, 0.1) is 12.1 Å². The molecule has 3 nitrogen and oxygen atoms in total. The highest BCUT2D eigenvalue weighted by molar-refractivity contribution is 8.14. The molecule has 1 unspecified atom stereocenters. The van der Waals surface area contributed by atoms with Crippen molar-refractivity contribution in [3.8, 4) is 0 Å². The fourth-order valence-corrected chi connectivity index (χ4v) is 3.36. The Kier molecular flexibility index (Phi) is 4.44. The molecule has 0 aromatic heterocycles. The minimum absolute atomic E-state index is 0.282. The second-order valence-electron chi connectivity index (χ2n) is 4.50. The number of aliphatic imine (C=N–C) groups is 1. The van der Waals surface area contributed by atoms with Crippen LogP contribution in [0.4, 0.5) is 0 Å². The summed E-state index contributed by atoms with van der Waals surface area (Å²) in [7, 11) is 0. The van der Waals surface area contributed by atoms with Crippen molar-refractivity contribution >= 4 is 28.7 Å². The Morgan fingerprint density at radius 2 is 2.31 bits per heavy atom. The first-order valence-corrected chi connectivity index (χ1v) is 8.07. The highest BCUT2D eigenvalue weighted by Gasteiger charge is 2.38. The van der Waals surface area contributed by atoms with Gasteiger partial charge in [0.1, 0.15) is 0 Å². The van der Waals surface area contributed by atoms with E-state index in [4.69, 9.17) is 4.74 Å². The van der Waals surface area contributed by atoms with E-state index in [-0.39, 0.29) is 5.54 Å².